The quantitative estimate of drug-likeness (QED) is 0.849. The molecular weight excluding hydrogens is 354 g/mol. The molecule has 1 aliphatic rings. The smallest absolute Gasteiger partial charge is 0.257 e. The minimum Gasteiger partial charge on any atom is -0.358 e. The van der Waals surface area contributed by atoms with Crippen LogP contribution in [0.4, 0.5) is 0 Å². The van der Waals surface area contributed by atoms with Crippen LogP contribution in [0.25, 0.3) is 0 Å². The molecule has 0 spiro atoms. The largest absolute Gasteiger partial charge is 0.358 e. The number of halogens is 1. The first-order valence-corrected chi connectivity index (χ1v) is 8.92. The number of carbonyl (C=O) groups excluding carboxylic acids is 2. The van der Waals surface area contributed by atoms with Gasteiger partial charge in [0, 0.05) is 44.4 Å². The molecule has 3 rings (SSSR count). The van der Waals surface area contributed by atoms with E-state index in [2.05, 4.69) is 10.4 Å². The molecule has 2 heterocycles. The Bertz CT molecular complexity index is 783. The van der Waals surface area contributed by atoms with Gasteiger partial charge in [0.05, 0.1) is 24.8 Å². The first kappa shape index (κ1) is 18.4. The van der Waals surface area contributed by atoms with Crippen molar-refractivity contribution in [1.29, 1.82) is 0 Å². The first-order chi connectivity index (χ1) is 12.6. The molecule has 0 bridgehead atoms. The van der Waals surface area contributed by atoms with Crippen LogP contribution in [0.2, 0.25) is 5.02 Å². The van der Waals surface area contributed by atoms with E-state index in [9.17, 15) is 9.59 Å². The van der Waals surface area contributed by atoms with Crippen molar-refractivity contribution in [2.24, 2.45) is 0 Å². The average Bonchev–Trinajstić information content (AvgIpc) is 3.12. The second-order valence-corrected chi connectivity index (χ2v) is 6.67. The maximum absolute atomic E-state index is 12.7. The predicted octanol–water partition coefficient (Wildman–Crippen LogP) is 1.09. The van der Waals surface area contributed by atoms with Gasteiger partial charge in [-0.15, -0.1) is 0 Å². The van der Waals surface area contributed by atoms with E-state index >= 15 is 0 Å². The van der Waals surface area contributed by atoms with Crippen LogP contribution in [-0.4, -0.2) is 71.2 Å². The van der Waals surface area contributed by atoms with Crippen molar-refractivity contribution in [3.8, 4) is 0 Å². The third-order valence-electron chi connectivity index (χ3n) is 4.48. The monoisotopic (exact) mass is 375 g/mol. The molecule has 0 atom stereocenters. The Hall–Kier alpha value is -2.38. The van der Waals surface area contributed by atoms with Gasteiger partial charge in [0.25, 0.3) is 5.91 Å². The molecular formula is C18H22ClN5O2. The Balaban J connectivity index is 1.57. The zero-order valence-electron chi connectivity index (χ0n) is 14.7. The van der Waals surface area contributed by atoms with Gasteiger partial charge in [-0.2, -0.15) is 5.10 Å². The van der Waals surface area contributed by atoms with Crippen LogP contribution >= 0.6 is 11.6 Å². The van der Waals surface area contributed by atoms with Gasteiger partial charge in [-0.3, -0.25) is 19.2 Å². The van der Waals surface area contributed by atoms with Crippen molar-refractivity contribution < 1.29 is 9.59 Å². The number of carbonyl (C=O) groups is 2. The van der Waals surface area contributed by atoms with Crippen LogP contribution in [0, 0.1) is 0 Å². The summed E-state index contributed by atoms with van der Waals surface area (Å²) in [5.74, 6) is -0.0411. The fraction of sp³-hybridized carbons (Fsp3) is 0.389. The third kappa shape index (κ3) is 4.42. The number of aromatic nitrogens is 2. The Morgan fingerprint density at radius 1 is 1.19 bits per heavy atom. The second-order valence-electron chi connectivity index (χ2n) is 6.26. The van der Waals surface area contributed by atoms with E-state index in [4.69, 9.17) is 11.6 Å². The van der Waals surface area contributed by atoms with E-state index in [0.717, 1.165) is 5.56 Å². The lowest BCUT2D eigenvalue weighted by Gasteiger charge is -2.34. The van der Waals surface area contributed by atoms with Crippen molar-refractivity contribution in [2.75, 3.05) is 39.8 Å². The lowest BCUT2D eigenvalue weighted by atomic mass is 10.2. The fourth-order valence-electron chi connectivity index (χ4n) is 2.94. The molecule has 1 aromatic heterocycles. The zero-order valence-corrected chi connectivity index (χ0v) is 15.4. The van der Waals surface area contributed by atoms with Crippen molar-refractivity contribution >= 4 is 23.4 Å². The number of hydrogen-bond donors (Lipinski definition) is 1. The number of nitrogens with zero attached hydrogens (tertiary/aromatic N) is 4. The lowest BCUT2D eigenvalue weighted by molar-refractivity contribution is -0.122. The number of benzene rings is 1. The molecule has 0 radical (unpaired) electrons. The molecule has 0 saturated carbocycles. The summed E-state index contributed by atoms with van der Waals surface area (Å²) >= 11 is 6.18. The van der Waals surface area contributed by atoms with Gasteiger partial charge in [-0.1, -0.05) is 29.8 Å². The fourth-order valence-corrected chi connectivity index (χ4v) is 3.13. The summed E-state index contributed by atoms with van der Waals surface area (Å²) in [4.78, 5) is 28.0. The number of nitrogens with one attached hydrogen (secondary N) is 1. The SMILES string of the molecule is CNC(=O)CN1CCN(C(=O)c2cnn(Cc3ccccc3Cl)c2)CC1. The molecule has 138 valence electrons. The van der Waals surface area contributed by atoms with Gasteiger partial charge in [-0.25, -0.2) is 0 Å². The van der Waals surface area contributed by atoms with Gasteiger partial charge in [-0.05, 0) is 11.6 Å². The summed E-state index contributed by atoms with van der Waals surface area (Å²) in [5.41, 5.74) is 1.52. The summed E-state index contributed by atoms with van der Waals surface area (Å²) < 4.78 is 1.72. The highest BCUT2D eigenvalue weighted by atomic mass is 35.5. The van der Waals surface area contributed by atoms with Crippen molar-refractivity contribution in [2.45, 2.75) is 6.54 Å². The zero-order chi connectivity index (χ0) is 18.5. The minimum absolute atomic E-state index is 0.00868. The Morgan fingerprint density at radius 2 is 1.92 bits per heavy atom. The highest BCUT2D eigenvalue weighted by molar-refractivity contribution is 6.31. The van der Waals surface area contributed by atoms with E-state index in [1.807, 2.05) is 29.2 Å². The van der Waals surface area contributed by atoms with E-state index in [0.29, 0.717) is 49.9 Å². The molecule has 8 heteroatoms. The maximum atomic E-state index is 12.7. The van der Waals surface area contributed by atoms with Crippen molar-refractivity contribution in [1.82, 2.24) is 24.9 Å². The molecule has 0 unspecified atom stereocenters. The number of hydrogen-bond acceptors (Lipinski definition) is 4. The van der Waals surface area contributed by atoms with Gasteiger partial charge in [0.2, 0.25) is 5.91 Å². The molecule has 26 heavy (non-hydrogen) atoms. The highest BCUT2D eigenvalue weighted by Crippen LogP contribution is 2.16. The van der Waals surface area contributed by atoms with Gasteiger partial charge in [0.1, 0.15) is 0 Å². The molecule has 2 amide bonds. The molecule has 7 nitrogen and oxygen atoms in total. The van der Waals surface area contributed by atoms with Crippen LogP contribution in [0.15, 0.2) is 36.7 Å². The molecule has 1 aromatic carbocycles. The molecule has 1 N–H and O–H groups in total. The summed E-state index contributed by atoms with van der Waals surface area (Å²) in [6, 6.07) is 7.59. The molecule has 1 fully saturated rings. The summed E-state index contributed by atoms with van der Waals surface area (Å²) in [6.45, 7) is 3.47. The summed E-state index contributed by atoms with van der Waals surface area (Å²) in [7, 11) is 1.63. The first-order valence-electron chi connectivity index (χ1n) is 8.55. The second kappa shape index (κ2) is 8.33. The molecule has 2 aromatic rings. The van der Waals surface area contributed by atoms with E-state index in [1.165, 1.54) is 0 Å². The van der Waals surface area contributed by atoms with Gasteiger partial charge in [0.15, 0.2) is 0 Å². The molecule has 1 aliphatic heterocycles. The van der Waals surface area contributed by atoms with E-state index in [-0.39, 0.29) is 11.8 Å². The Kier molecular flexibility index (Phi) is 5.90. The lowest BCUT2D eigenvalue weighted by Crippen LogP contribution is -2.50. The van der Waals surface area contributed by atoms with Crippen LogP contribution < -0.4 is 5.32 Å². The average molecular weight is 376 g/mol. The summed E-state index contributed by atoms with van der Waals surface area (Å²) in [5, 5.41) is 7.58. The maximum Gasteiger partial charge on any atom is 0.257 e. The number of likely N-dealkylation sites (N-methyl/N-ethyl adjacent to an activating group) is 1. The predicted molar refractivity (Wildman–Crippen MR) is 99.2 cm³/mol. The highest BCUT2D eigenvalue weighted by Gasteiger charge is 2.24. The number of piperazine rings is 1. The van der Waals surface area contributed by atoms with Crippen LogP contribution in [-0.2, 0) is 11.3 Å². The Morgan fingerprint density at radius 3 is 2.62 bits per heavy atom. The minimum atomic E-state index is -0.0324. The van der Waals surface area contributed by atoms with Crippen LogP contribution in [0.3, 0.4) is 0 Å². The third-order valence-corrected chi connectivity index (χ3v) is 4.84. The van der Waals surface area contributed by atoms with E-state index < -0.39 is 0 Å². The standard InChI is InChI=1S/C18H22ClN5O2/c1-20-17(25)13-22-6-8-23(9-7-22)18(26)15-10-21-24(12-15)11-14-4-2-3-5-16(14)19/h2-5,10,12H,6-9,11,13H2,1H3,(H,20,25). The topological polar surface area (TPSA) is 70.5 Å². The van der Waals surface area contributed by atoms with Crippen LogP contribution in [0.5, 0.6) is 0 Å². The Labute approximate surface area is 157 Å². The number of amides is 2. The summed E-state index contributed by atoms with van der Waals surface area (Å²) in [6.07, 6.45) is 3.35. The molecule has 0 aliphatic carbocycles. The van der Waals surface area contributed by atoms with Gasteiger partial charge >= 0.3 is 0 Å². The molecule has 1 saturated heterocycles. The van der Waals surface area contributed by atoms with Gasteiger partial charge < -0.3 is 10.2 Å². The van der Waals surface area contributed by atoms with Crippen LogP contribution in [0.1, 0.15) is 15.9 Å². The van der Waals surface area contributed by atoms with Crippen molar-refractivity contribution in [3.05, 3.63) is 52.8 Å². The normalized spacial score (nSPS) is 15.1. The van der Waals surface area contributed by atoms with E-state index in [1.54, 1.807) is 29.0 Å². The number of rotatable bonds is 5. The van der Waals surface area contributed by atoms with Crippen molar-refractivity contribution in [3.63, 3.8) is 0 Å².